The largest absolute Gasteiger partial charge is 0.336 e. The molecular weight excluding hydrogens is 266 g/mol. The molecule has 0 atom stereocenters. The van der Waals surface area contributed by atoms with Crippen molar-refractivity contribution in [3.63, 3.8) is 0 Å². The molecule has 1 aliphatic rings. The first-order valence-corrected chi connectivity index (χ1v) is 7.25. The lowest BCUT2D eigenvalue weighted by atomic mass is 10.1. The number of amides is 1. The van der Waals surface area contributed by atoms with Crippen LogP contribution in [0.1, 0.15) is 28.8 Å². The standard InChI is InChI=1S/C16H19N3O2/c1-11-2-4-12(5-3-11)6-7-15(20)19-9-8-13-14(10-19)17-18-16(13)21/h2-5H,6-10H2,1H3,(H2,17,18,21). The minimum Gasteiger partial charge on any atom is -0.336 e. The van der Waals surface area contributed by atoms with E-state index in [-0.39, 0.29) is 11.5 Å². The number of fused-ring (bicyclic) bond motifs is 1. The highest BCUT2D eigenvalue weighted by Gasteiger charge is 2.23. The normalized spacial score (nSPS) is 14.0. The number of aromatic amines is 2. The monoisotopic (exact) mass is 285 g/mol. The van der Waals surface area contributed by atoms with Crippen LogP contribution in [-0.4, -0.2) is 27.5 Å². The highest BCUT2D eigenvalue weighted by Crippen LogP contribution is 2.15. The van der Waals surface area contributed by atoms with Crippen LogP contribution < -0.4 is 5.56 Å². The summed E-state index contributed by atoms with van der Waals surface area (Å²) in [5.41, 5.74) is 3.98. The molecule has 1 aliphatic heterocycles. The first-order valence-electron chi connectivity index (χ1n) is 7.25. The quantitative estimate of drug-likeness (QED) is 0.898. The lowest BCUT2D eigenvalue weighted by Gasteiger charge is -2.26. The van der Waals surface area contributed by atoms with Gasteiger partial charge in [-0.25, -0.2) is 0 Å². The Labute approximate surface area is 123 Å². The van der Waals surface area contributed by atoms with E-state index in [4.69, 9.17) is 0 Å². The van der Waals surface area contributed by atoms with Crippen LogP contribution in [0.15, 0.2) is 29.1 Å². The van der Waals surface area contributed by atoms with E-state index in [0.29, 0.717) is 25.9 Å². The fraction of sp³-hybridized carbons (Fsp3) is 0.375. The summed E-state index contributed by atoms with van der Waals surface area (Å²) >= 11 is 0. The molecule has 0 fully saturated rings. The van der Waals surface area contributed by atoms with Crippen molar-refractivity contribution in [1.82, 2.24) is 15.1 Å². The number of aromatic nitrogens is 2. The first kappa shape index (κ1) is 13.7. The number of H-pyrrole nitrogens is 2. The van der Waals surface area contributed by atoms with Gasteiger partial charge in [0.2, 0.25) is 5.91 Å². The SMILES string of the molecule is Cc1ccc(CCC(=O)N2CCc3c([nH][nH]c3=O)C2)cc1. The maximum Gasteiger partial charge on any atom is 0.267 e. The van der Waals surface area contributed by atoms with Crippen molar-refractivity contribution in [2.45, 2.75) is 32.7 Å². The predicted molar refractivity (Wildman–Crippen MR) is 80.0 cm³/mol. The zero-order chi connectivity index (χ0) is 14.8. The fourth-order valence-corrected chi connectivity index (χ4v) is 2.71. The summed E-state index contributed by atoms with van der Waals surface area (Å²) in [4.78, 5) is 25.6. The van der Waals surface area contributed by atoms with E-state index < -0.39 is 0 Å². The minimum absolute atomic E-state index is 0.0586. The summed E-state index contributed by atoms with van der Waals surface area (Å²) in [7, 11) is 0. The van der Waals surface area contributed by atoms with Crippen LogP contribution >= 0.6 is 0 Å². The number of aryl methyl sites for hydroxylation is 2. The third-order valence-corrected chi connectivity index (χ3v) is 4.05. The smallest absolute Gasteiger partial charge is 0.267 e. The average molecular weight is 285 g/mol. The molecule has 5 heteroatoms. The van der Waals surface area contributed by atoms with Crippen molar-refractivity contribution < 1.29 is 4.79 Å². The van der Waals surface area contributed by atoms with Crippen molar-refractivity contribution >= 4 is 5.91 Å². The second kappa shape index (κ2) is 5.60. The van der Waals surface area contributed by atoms with E-state index >= 15 is 0 Å². The highest BCUT2D eigenvalue weighted by molar-refractivity contribution is 5.76. The summed E-state index contributed by atoms with van der Waals surface area (Å²) in [6, 6.07) is 8.27. The topological polar surface area (TPSA) is 69.0 Å². The molecule has 1 amide bonds. The first-order chi connectivity index (χ1) is 10.1. The molecule has 0 saturated carbocycles. The maximum atomic E-state index is 12.3. The molecule has 0 spiro atoms. The number of rotatable bonds is 3. The molecule has 0 unspecified atom stereocenters. The van der Waals surface area contributed by atoms with Crippen LogP contribution in [0.3, 0.4) is 0 Å². The number of benzene rings is 1. The van der Waals surface area contributed by atoms with Gasteiger partial charge in [-0.05, 0) is 25.3 Å². The molecule has 0 bridgehead atoms. The molecule has 110 valence electrons. The van der Waals surface area contributed by atoms with E-state index in [2.05, 4.69) is 41.4 Å². The van der Waals surface area contributed by atoms with Gasteiger partial charge in [-0.15, -0.1) is 0 Å². The van der Waals surface area contributed by atoms with Crippen molar-refractivity contribution in [2.24, 2.45) is 0 Å². The third kappa shape index (κ3) is 2.91. The molecule has 2 N–H and O–H groups in total. The molecule has 3 rings (SSSR count). The van der Waals surface area contributed by atoms with E-state index in [1.54, 1.807) is 0 Å². The number of nitrogens with zero attached hydrogens (tertiary/aromatic N) is 1. The van der Waals surface area contributed by atoms with Gasteiger partial charge in [-0.2, -0.15) is 0 Å². The Kier molecular flexibility index (Phi) is 3.64. The Balaban J connectivity index is 1.59. The zero-order valence-electron chi connectivity index (χ0n) is 12.1. The number of nitrogens with one attached hydrogen (secondary N) is 2. The van der Waals surface area contributed by atoms with Crippen LogP contribution in [0, 0.1) is 6.92 Å². The van der Waals surface area contributed by atoms with Crippen LogP contribution in [0.4, 0.5) is 0 Å². The van der Waals surface area contributed by atoms with E-state index in [9.17, 15) is 9.59 Å². The van der Waals surface area contributed by atoms with Crippen LogP contribution in [0.2, 0.25) is 0 Å². The molecule has 2 heterocycles. The van der Waals surface area contributed by atoms with Gasteiger partial charge in [0.25, 0.3) is 5.56 Å². The molecule has 1 aromatic heterocycles. The summed E-state index contributed by atoms with van der Waals surface area (Å²) < 4.78 is 0. The van der Waals surface area contributed by atoms with E-state index in [1.165, 1.54) is 11.1 Å². The van der Waals surface area contributed by atoms with Crippen LogP contribution in [0.5, 0.6) is 0 Å². The summed E-state index contributed by atoms with van der Waals surface area (Å²) in [5, 5.41) is 5.44. The molecule has 0 aliphatic carbocycles. The molecule has 1 aromatic carbocycles. The third-order valence-electron chi connectivity index (χ3n) is 4.05. The number of carbonyl (C=O) groups is 1. The lowest BCUT2D eigenvalue weighted by molar-refractivity contribution is -0.132. The predicted octanol–water partition coefficient (Wildman–Crippen LogP) is 1.53. The molecule has 21 heavy (non-hydrogen) atoms. The summed E-state index contributed by atoms with van der Waals surface area (Å²) in [6.07, 6.45) is 1.89. The second-order valence-corrected chi connectivity index (χ2v) is 5.59. The molecule has 0 saturated heterocycles. The van der Waals surface area contributed by atoms with Gasteiger partial charge in [-0.1, -0.05) is 29.8 Å². The Hall–Kier alpha value is -2.30. The highest BCUT2D eigenvalue weighted by atomic mass is 16.2. The maximum absolute atomic E-state index is 12.3. The zero-order valence-corrected chi connectivity index (χ0v) is 12.1. The van der Waals surface area contributed by atoms with Gasteiger partial charge in [-0.3, -0.25) is 14.7 Å². The van der Waals surface area contributed by atoms with Gasteiger partial charge in [0.05, 0.1) is 12.2 Å². The van der Waals surface area contributed by atoms with Gasteiger partial charge in [0.1, 0.15) is 0 Å². The Morgan fingerprint density at radius 2 is 2.00 bits per heavy atom. The van der Waals surface area contributed by atoms with Gasteiger partial charge < -0.3 is 10.00 Å². The average Bonchev–Trinajstić information content (AvgIpc) is 2.87. The van der Waals surface area contributed by atoms with Crippen LogP contribution in [-0.2, 0) is 24.2 Å². The number of hydrogen-bond acceptors (Lipinski definition) is 2. The molecular formula is C16H19N3O2. The Bertz CT molecular complexity index is 697. The van der Waals surface area contributed by atoms with Crippen molar-refractivity contribution in [3.8, 4) is 0 Å². The van der Waals surface area contributed by atoms with Gasteiger partial charge in [0.15, 0.2) is 0 Å². The van der Waals surface area contributed by atoms with Gasteiger partial charge in [0, 0.05) is 18.5 Å². The fourth-order valence-electron chi connectivity index (χ4n) is 2.71. The molecule has 5 nitrogen and oxygen atoms in total. The molecule has 0 radical (unpaired) electrons. The lowest BCUT2D eigenvalue weighted by Crippen LogP contribution is -2.37. The van der Waals surface area contributed by atoms with Crippen molar-refractivity contribution in [2.75, 3.05) is 6.54 Å². The second-order valence-electron chi connectivity index (χ2n) is 5.59. The van der Waals surface area contributed by atoms with E-state index in [1.807, 2.05) is 4.90 Å². The Morgan fingerprint density at radius 1 is 1.24 bits per heavy atom. The van der Waals surface area contributed by atoms with E-state index in [0.717, 1.165) is 17.7 Å². The minimum atomic E-state index is -0.0586. The van der Waals surface area contributed by atoms with Crippen molar-refractivity contribution in [3.05, 3.63) is 57.0 Å². The molecule has 2 aromatic rings. The van der Waals surface area contributed by atoms with Gasteiger partial charge >= 0.3 is 0 Å². The van der Waals surface area contributed by atoms with Crippen LogP contribution in [0.25, 0.3) is 0 Å². The van der Waals surface area contributed by atoms with Crippen molar-refractivity contribution in [1.29, 1.82) is 0 Å². The number of hydrogen-bond donors (Lipinski definition) is 2. The summed E-state index contributed by atoms with van der Waals surface area (Å²) in [6.45, 7) is 3.18. The summed E-state index contributed by atoms with van der Waals surface area (Å²) in [5.74, 6) is 0.142. The number of carbonyl (C=O) groups excluding carboxylic acids is 1. The Morgan fingerprint density at radius 3 is 2.76 bits per heavy atom.